The van der Waals surface area contributed by atoms with Gasteiger partial charge in [0.25, 0.3) is 0 Å². The molecular weight excluding hydrogens is 304 g/mol. The first-order valence-electron chi connectivity index (χ1n) is 8.86. The van der Waals surface area contributed by atoms with Gasteiger partial charge in [0.2, 0.25) is 0 Å². The van der Waals surface area contributed by atoms with Crippen molar-refractivity contribution in [1.29, 1.82) is 0 Å². The van der Waals surface area contributed by atoms with Gasteiger partial charge in [-0.25, -0.2) is 9.59 Å². The van der Waals surface area contributed by atoms with Crippen LogP contribution in [0.4, 0.5) is 0 Å². The molecule has 24 heavy (non-hydrogen) atoms. The molecule has 2 unspecified atom stereocenters. The Morgan fingerprint density at radius 1 is 1.21 bits per heavy atom. The molecule has 1 aliphatic heterocycles. The third kappa shape index (κ3) is 2.22. The fourth-order valence-electron chi connectivity index (χ4n) is 5.24. The molecule has 0 aromatic heterocycles. The number of nitrogens with two attached hydrogens (primary N) is 1. The number of ether oxygens (including phenoxy) is 1. The highest BCUT2D eigenvalue weighted by molar-refractivity contribution is 6.14. The summed E-state index contributed by atoms with van der Waals surface area (Å²) in [6.45, 7) is 0.669. The second-order valence-corrected chi connectivity index (χ2v) is 7.58. The van der Waals surface area contributed by atoms with Gasteiger partial charge >= 0.3 is 11.9 Å². The maximum atomic E-state index is 11.9. The van der Waals surface area contributed by atoms with Crippen molar-refractivity contribution in [3.8, 4) is 0 Å². The number of esters is 2. The van der Waals surface area contributed by atoms with Gasteiger partial charge in [0.05, 0.1) is 11.1 Å². The molecule has 128 valence electrons. The van der Waals surface area contributed by atoms with E-state index >= 15 is 0 Å². The van der Waals surface area contributed by atoms with Crippen LogP contribution >= 0.6 is 0 Å². The van der Waals surface area contributed by atoms with Crippen LogP contribution < -0.4 is 11.1 Å². The van der Waals surface area contributed by atoms with Crippen LogP contribution in [0.15, 0.2) is 18.2 Å². The first-order chi connectivity index (χ1) is 11.6. The first kappa shape index (κ1) is 15.8. The molecule has 3 N–H and O–H groups in total. The fourth-order valence-corrected chi connectivity index (χ4v) is 5.24. The highest BCUT2D eigenvalue weighted by atomic mass is 16.6. The van der Waals surface area contributed by atoms with Gasteiger partial charge in [0.15, 0.2) is 0 Å². The van der Waals surface area contributed by atoms with Crippen LogP contribution in [0.5, 0.6) is 0 Å². The van der Waals surface area contributed by atoms with E-state index in [1.807, 2.05) is 19.2 Å². The Morgan fingerprint density at radius 2 is 1.92 bits per heavy atom. The number of hydrogen-bond acceptors (Lipinski definition) is 5. The number of carbonyl (C=O) groups excluding carboxylic acids is 2. The Kier molecular flexibility index (Phi) is 3.73. The van der Waals surface area contributed by atoms with E-state index in [1.54, 1.807) is 6.07 Å². The van der Waals surface area contributed by atoms with Crippen LogP contribution in [0.1, 0.15) is 64.3 Å². The molecule has 5 nitrogen and oxygen atoms in total. The zero-order valence-electron chi connectivity index (χ0n) is 14.0. The summed E-state index contributed by atoms with van der Waals surface area (Å²) in [5.41, 5.74) is 8.26. The molecule has 2 saturated carbocycles. The van der Waals surface area contributed by atoms with Gasteiger partial charge in [-0.3, -0.25) is 0 Å². The van der Waals surface area contributed by atoms with Gasteiger partial charge in [-0.15, -0.1) is 0 Å². The quantitative estimate of drug-likeness (QED) is 0.657. The normalized spacial score (nSPS) is 34.8. The van der Waals surface area contributed by atoms with Crippen LogP contribution in [-0.2, 0) is 4.74 Å². The molecule has 5 heteroatoms. The standard InChI is InChI=1S/C19H24N2O3/c1-21-13-4-6-19(7-5-13)9-12(10-20)16(19)11-2-3-14-15(8-11)18(23)24-17(14)22/h2-3,8,12-13,16,21H,4-7,9-10,20H2,1H3. The Bertz CT molecular complexity index is 692. The van der Waals surface area contributed by atoms with Crippen molar-refractivity contribution < 1.29 is 14.3 Å². The van der Waals surface area contributed by atoms with Gasteiger partial charge in [-0.1, -0.05) is 6.07 Å². The summed E-state index contributed by atoms with van der Waals surface area (Å²) >= 11 is 0. The van der Waals surface area contributed by atoms with E-state index in [0.717, 1.165) is 5.56 Å². The average Bonchev–Trinajstić information content (AvgIpc) is 2.87. The topological polar surface area (TPSA) is 81.4 Å². The molecule has 4 rings (SSSR count). The number of benzene rings is 1. The van der Waals surface area contributed by atoms with Crippen molar-refractivity contribution >= 4 is 11.9 Å². The summed E-state index contributed by atoms with van der Waals surface area (Å²) in [6, 6.07) is 6.23. The van der Waals surface area contributed by atoms with E-state index in [-0.39, 0.29) is 0 Å². The molecule has 0 bridgehead atoms. The molecule has 1 heterocycles. The lowest BCUT2D eigenvalue weighted by Gasteiger charge is -2.58. The molecule has 3 aliphatic rings. The van der Waals surface area contributed by atoms with Crippen molar-refractivity contribution in [2.45, 2.75) is 44.1 Å². The maximum absolute atomic E-state index is 11.9. The largest absolute Gasteiger partial charge is 0.386 e. The van der Waals surface area contributed by atoms with Crippen molar-refractivity contribution in [2.24, 2.45) is 17.1 Å². The summed E-state index contributed by atoms with van der Waals surface area (Å²) in [4.78, 5) is 23.5. The smallest absolute Gasteiger partial charge is 0.346 e. The minimum absolute atomic E-state index is 0.304. The lowest BCUT2D eigenvalue weighted by Crippen LogP contribution is -2.52. The van der Waals surface area contributed by atoms with E-state index in [1.165, 1.54) is 32.1 Å². The molecule has 1 spiro atoms. The van der Waals surface area contributed by atoms with E-state index in [4.69, 9.17) is 10.5 Å². The molecular formula is C19H24N2O3. The van der Waals surface area contributed by atoms with Gasteiger partial charge in [-0.2, -0.15) is 0 Å². The second-order valence-electron chi connectivity index (χ2n) is 7.58. The molecule has 2 atom stereocenters. The van der Waals surface area contributed by atoms with Gasteiger partial charge in [0.1, 0.15) is 0 Å². The van der Waals surface area contributed by atoms with Crippen LogP contribution in [-0.4, -0.2) is 31.6 Å². The molecule has 2 aliphatic carbocycles. The van der Waals surface area contributed by atoms with Crippen molar-refractivity contribution in [3.63, 3.8) is 0 Å². The van der Waals surface area contributed by atoms with Crippen LogP contribution in [0.25, 0.3) is 0 Å². The predicted octanol–water partition coefficient (Wildman–Crippen LogP) is 2.21. The highest BCUT2D eigenvalue weighted by Crippen LogP contribution is 2.63. The number of fused-ring (bicyclic) bond motifs is 1. The molecule has 1 aromatic carbocycles. The zero-order valence-corrected chi connectivity index (χ0v) is 14.0. The third-order valence-electron chi connectivity index (χ3n) is 6.52. The maximum Gasteiger partial charge on any atom is 0.346 e. The lowest BCUT2D eigenvalue weighted by molar-refractivity contribution is -0.0236. The van der Waals surface area contributed by atoms with Crippen molar-refractivity contribution in [1.82, 2.24) is 5.32 Å². The van der Waals surface area contributed by atoms with Crippen molar-refractivity contribution in [2.75, 3.05) is 13.6 Å². The number of hydrogen-bond donors (Lipinski definition) is 2. The predicted molar refractivity (Wildman–Crippen MR) is 89.8 cm³/mol. The average molecular weight is 328 g/mol. The van der Waals surface area contributed by atoms with E-state index < -0.39 is 11.9 Å². The molecule has 1 aromatic rings. The van der Waals surface area contributed by atoms with Crippen LogP contribution in [0.2, 0.25) is 0 Å². The monoisotopic (exact) mass is 328 g/mol. The number of cyclic esters (lactones) is 2. The summed E-state index contributed by atoms with van der Waals surface area (Å²) in [5.74, 6) is -0.209. The molecule has 0 amide bonds. The molecule has 0 saturated heterocycles. The van der Waals surface area contributed by atoms with E-state index in [9.17, 15) is 9.59 Å². The van der Waals surface area contributed by atoms with Gasteiger partial charge < -0.3 is 15.8 Å². The van der Waals surface area contributed by atoms with E-state index in [2.05, 4.69) is 5.32 Å². The van der Waals surface area contributed by atoms with Crippen molar-refractivity contribution in [3.05, 3.63) is 34.9 Å². The number of nitrogens with one attached hydrogen (secondary N) is 1. The first-order valence-corrected chi connectivity index (χ1v) is 8.86. The minimum atomic E-state index is -0.533. The number of rotatable bonds is 3. The Morgan fingerprint density at radius 3 is 2.58 bits per heavy atom. The summed E-state index contributed by atoms with van der Waals surface area (Å²) < 4.78 is 4.73. The summed E-state index contributed by atoms with van der Waals surface area (Å²) in [6.07, 6.45) is 5.94. The SMILES string of the molecule is CNC1CCC2(CC1)CC(CN)C2c1ccc2c(c1)C(=O)OC2=O. The minimum Gasteiger partial charge on any atom is -0.386 e. The van der Waals surface area contributed by atoms with Gasteiger partial charge in [0, 0.05) is 6.04 Å². The summed E-state index contributed by atoms with van der Waals surface area (Å²) in [5, 5.41) is 3.39. The van der Waals surface area contributed by atoms with Crippen LogP contribution in [0, 0.1) is 11.3 Å². The van der Waals surface area contributed by atoms with Gasteiger partial charge in [-0.05, 0) is 80.6 Å². The highest BCUT2D eigenvalue weighted by Gasteiger charge is 2.54. The Balaban J connectivity index is 1.65. The Labute approximate surface area is 141 Å². The zero-order chi connectivity index (χ0) is 16.9. The third-order valence-corrected chi connectivity index (χ3v) is 6.52. The second kappa shape index (κ2) is 5.67. The van der Waals surface area contributed by atoms with E-state index in [0.29, 0.717) is 41.0 Å². The fraction of sp³-hybridized carbons (Fsp3) is 0.579. The lowest BCUT2D eigenvalue weighted by atomic mass is 9.47. The van der Waals surface area contributed by atoms with Crippen LogP contribution in [0.3, 0.4) is 0 Å². The molecule has 0 radical (unpaired) electrons. The number of carbonyl (C=O) groups is 2. The Hall–Kier alpha value is -1.72. The summed E-state index contributed by atoms with van der Waals surface area (Å²) in [7, 11) is 2.03. The molecule has 2 fully saturated rings.